The molecule has 106 valence electrons. The zero-order valence-electron chi connectivity index (χ0n) is 11.9. The highest BCUT2D eigenvalue weighted by molar-refractivity contribution is 9.10. The summed E-state index contributed by atoms with van der Waals surface area (Å²) in [7, 11) is 1.88. The number of hydrogen-bond acceptors (Lipinski definition) is 4. The number of aromatic nitrogens is 4. The Labute approximate surface area is 127 Å². The van der Waals surface area contributed by atoms with E-state index in [0.717, 1.165) is 27.5 Å². The average Bonchev–Trinajstić information content (AvgIpc) is 3.14. The minimum Gasteiger partial charge on any atom is -0.372 e. The molecule has 3 rings (SSSR count). The summed E-state index contributed by atoms with van der Waals surface area (Å²) < 4.78 is 3.08. The lowest BCUT2D eigenvalue weighted by Crippen LogP contribution is -2.07. The van der Waals surface area contributed by atoms with Crippen LogP contribution in [0, 0.1) is 0 Å². The van der Waals surface area contributed by atoms with Crippen molar-refractivity contribution in [2.45, 2.75) is 38.6 Å². The summed E-state index contributed by atoms with van der Waals surface area (Å²) in [5.41, 5.74) is 2.07. The van der Waals surface area contributed by atoms with Crippen LogP contribution in [0.1, 0.15) is 44.3 Å². The quantitative estimate of drug-likeness (QED) is 0.927. The molecule has 0 aliphatic heterocycles. The number of anilines is 1. The highest BCUT2D eigenvalue weighted by Crippen LogP contribution is 2.44. The van der Waals surface area contributed by atoms with Gasteiger partial charge in [0.25, 0.3) is 0 Å². The van der Waals surface area contributed by atoms with Gasteiger partial charge in [0.2, 0.25) is 0 Å². The average molecular weight is 336 g/mol. The van der Waals surface area contributed by atoms with Crippen LogP contribution in [0.15, 0.2) is 17.0 Å². The molecule has 0 spiro atoms. The standard InChI is InChI=1S/C14H18BrN5/c1-8(2)20-7-17-6-10(20)13-18-12(9-4-5-9)11(15)14(16-3)19-13/h6-9H,4-5H2,1-3H3,(H,16,18,19). The Balaban J connectivity index is 2.13. The summed E-state index contributed by atoms with van der Waals surface area (Å²) in [5.74, 6) is 2.15. The van der Waals surface area contributed by atoms with E-state index in [1.807, 2.05) is 19.6 Å². The van der Waals surface area contributed by atoms with Gasteiger partial charge in [-0.2, -0.15) is 0 Å². The third-order valence-corrected chi connectivity index (χ3v) is 4.31. The number of nitrogens with zero attached hydrogens (tertiary/aromatic N) is 4. The van der Waals surface area contributed by atoms with Crippen molar-refractivity contribution in [3.63, 3.8) is 0 Å². The summed E-state index contributed by atoms with van der Waals surface area (Å²) in [6.45, 7) is 4.26. The van der Waals surface area contributed by atoms with Crippen molar-refractivity contribution < 1.29 is 0 Å². The molecule has 0 radical (unpaired) electrons. The predicted molar refractivity (Wildman–Crippen MR) is 82.9 cm³/mol. The highest BCUT2D eigenvalue weighted by Gasteiger charge is 2.30. The van der Waals surface area contributed by atoms with E-state index in [-0.39, 0.29) is 0 Å². The molecule has 0 saturated heterocycles. The maximum Gasteiger partial charge on any atom is 0.180 e. The zero-order valence-corrected chi connectivity index (χ0v) is 13.5. The number of halogens is 1. The van der Waals surface area contributed by atoms with Gasteiger partial charge in [-0.05, 0) is 42.6 Å². The molecule has 0 amide bonds. The van der Waals surface area contributed by atoms with E-state index in [9.17, 15) is 0 Å². The van der Waals surface area contributed by atoms with Crippen molar-refractivity contribution >= 4 is 21.7 Å². The van der Waals surface area contributed by atoms with Crippen molar-refractivity contribution in [2.24, 2.45) is 0 Å². The van der Waals surface area contributed by atoms with Crippen molar-refractivity contribution in [3.8, 4) is 11.5 Å². The Morgan fingerprint density at radius 1 is 1.35 bits per heavy atom. The number of hydrogen-bond donors (Lipinski definition) is 1. The van der Waals surface area contributed by atoms with Crippen molar-refractivity contribution in [2.75, 3.05) is 12.4 Å². The van der Waals surface area contributed by atoms with E-state index < -0.39 is 0 Å². The van der Waals surface area contributed by atoms with Crippen LogP contribution in [0.3, 0.4) is 0 Å². The molecular formula is C14H18BrN5. The van der Waals surface area contributed by atoms with Crippen LogP contribution in [-0.4, -0.2) is 26.6 Å². The summed E-state index contributed by atoms with van der Waals surface area (Å²) in [5, 5.41) is 3.14. The summed E-state index contributed by atoms with van der Waals surface area (Å²) in [6.07, 6.45) is 6.09. The van der Waals surface area contributed by atoms with Gasteiger partial charge in [0.1, 0.15) is 11.5 Å². The second kappa shape index (κ2) is 5.16. The van der Waals surface area contributed by atoms with Crippen LogP contribution >= 0.6 is 15.9 Å². The van der Waals surface area contributed by atoms with Gasteiger partial charge in [0, 0.05) is 19.0 Å². The smallest absolute Gasteiger partial charge is 0.180 e. The van der Waals surface area contributed by atoms with Crippen molar-refractivity contribution in [3.05, 3.63) is 22.7 Å². The second-order valence-electron chi connectivity index (χ2n) is 5.40. The first kappa shape index (κ1) is 13.5. The third-order valence-electron chi connectivity index (χ3n) is 3.53. The molecule has 2 aromatic rings. The summed E-state index contributed by atoms with van der Waals surface area (Å²) in [4.78, 5) is 13.6. The van der Waals surface area contributed by atoms with Gasteiger partial charge in [-0.25, -0.2) is 15.0 Å². The first-order valence-electron chi connectivity index (χ1n) is 6.89. The molecule has 1 saturated carbocycles. The fourth-order valence-corrected chi connectivity index (χ4v) is 2.96. The van der Waals surface area contributed by atoms with Crippen molar-refractivity contribution in [1.82, 2.24) is 19.5 Å². The Kier molecular flexibility index (Phi) is 3.50. The predicted octanol–water partition coefficient (Wildman–Crippen LogP) is 3.60. The molecule has 1 N–H and O–H groups in total. The lowest BCUT2D eigenvalue weighted by atomic mass is 10.2. The maximum absolute atomic E-state index is 4.77. The molecule has 1 fully saturated rings. The first-order valence-corrected chi connectivity index (χ1v) is 7.68. The van der Waals surface area contributed by atoms with Gasteiger partial charge >= 0.3 is 0 Å². The fraction of sp³-hybridized carbons (Fsp3) is 0.500. The number of rotatable bonds is 4. The van der Waals surface area contributed by atoms with E-state index in [1.54, 1.807) is 0 Å². The van der Waals surface area contributed by atoms with Gasteiger partial charge in [-0.3, -0.25) is 0 Å². The molecular weight excluding hydrogens is 318 g/mol. The minimum atomic E-state index is 0.335. The maximum atomic E-state index is 4.77. The molecule has 2 aromatic heterocycles. The largest absolute Gasteiger partial charge is 0.372 e. The van der Waals surface area contributed by atoms with Gasteiger partial charge in [0.15, 0.2) is 5.82 Å². The van der Waals surface area contributed by atoms with Crippen LogP contribution < -0.4 is 5.32 Å². The molecule has 2 heterocycles. The molecule has 20 heavy (non-hydrogen) atoms. The second-order valence-corrected chi connectivity index (χ2v) is 6.19. The van der Waals surface area contributed by atoms with Crippen LogP contribution in [0.4, 0.5) is 5.82 Å². The molecule has 0 aromatic carbocycles. The Bertz CT molecular complexity index is 630. The number of imidazole rings is 1. The van der Waals surface area contributed by atoms with E-state index in [2.05, 4.69) is 49.6 Å². The first-order chi connectivity index (χ1) is 9.61. The molecule has 1 aliphatic rings. The van der Waals surface area contributed by atoms with Crippen LogP contribution in [-0.2, 0) is 0 Å². The normalized spacial score (nSPS) is 14.8. The molecule has 5 nitrogen and oxygen atoms in total. The Hall–Kier alpha value is -1.43. The van der Waals surface area contributed by atoms with E-state index >= 15 is 0 Å². The van der Waals surface area contributed by atoms with Gasteiger partial charge in [-0.1, -0.05) is 0 Å². The molecule has 0 atom stereocenters. The lowest BCUT2D eigenvalue weighted by Gasteiger charge is -2.14. The van der Waals surface area contributed by atoms with Crippen LogP contribution in [0.25, 0.3) is 11.5 Å². The molecule has 0 bridgehead atoms. The van der Waals surface area contributed by atoms with Crippen LogP contribution in [0.5, 0.6) is 0 Å². The lowest BCUT2D eigenvalue weighted by molar-refractivity contribution is 0.603. The fourth-order valence-electron chi connectivity index (χ4n) is 2.26. The summed E-state index contributed by atoms with van der Waals surface area (Å²) >= 11 is 3.62. The van der Waals surface area contributed by atoms with Gasteiger partial charge in [0.05, 0.1) is 22.7 Å². The topological polar surface area (TPSA) is 55.6 Å². The van der Waals surface area contributed by atoms with Crippen LogP contribution in [0.2, 0.25) is 0 Å². The SMILES string of the molecule is CNc1nc(-c2cncn2C(C)C)nc(C2CC2)c1Br. The van der Waals surface area contributed by atoms with E-state index in [0.29, 0.717) is 12.0 Å². The number of nitrogens with one attached hydrogen (secondary N) is 1. The minimum absolute atomic E-state index is 0.335. The van der Waals surface area contributed by atoms with E-state index in [4.69, 9.17) is 4.98 Å². The van der Waals surface area contributed by atoms with Gasteiger partial charge < -0.3 is 9.88 Å². The zero-order chi connectivity index (χ0) is 14.3. The van der Waals surface area contributed by atoms with Crippen molar-refractivity contribution in [1.29, 1.82) is 0 Å². The summed E-state index contributed by atoms with van der Waals surface area (Å²) in [6, 6.07) is 0.335. The van der Waals surface area contributed by atoms with E-state index in [1.165, 1.54) is 12.8 Å². The Morgan fingerprint density at radius 3 is 2.70 bits per heavy atom. The van der Waals surface area contributed by atoms with Gasteiger partial charge in [-0.15, -0.1) is 0 Å². The molecule has 1 aliphatic carbocycles. The molecule has 6 heteroatoms. The highest BCUT2D eigenvalue weighted by atomic mass is 79.9. The Morgan fingerprint density at radius 2 is 2.10 bits per heavy atom. The monoisotopic (exact) mass is 335 g/mol. The molecule has 0 unspecified atom stereocenters. The third kappa shape index (κ3) is 2.32.